The van der Waals surface area contributed by atoms with Gasteiger partial charge in [-0.2, -0.15) is 8.42 Å². The number of fused-ring (bicyclic) bond motifs is 2. The smallest absolute Gasteiger partial charge is 0.286 e. The molecule has 3 heterocycles. The summed E-state index contributed by atoms with van der Waals surface area (Å²) in [6.07, 6.45) is 2.50. The second-order valence-electron chi connectivity index (χ2n) is 6.27. The molecule has 0 amide bonds. The predicted octanol–water partition coefficient (Wildman–Crippen LogP) is 2.90. The number of thioether (sulfide) groups is 1. The summed E-state index contributed by atoms with van der Waals surface area (Å²) < 4.78 is 30.6. The lowest BCUT2D eigenvalue weighted by molar-refractivity contribution is 0.597. The third-order valence-electron chi connectivity index (χ3n) is 4.28. The first kappa shape index (κ1) is 18.7. The van der Waals surface area contributed by atoms with Crippen LogP contribution in [0.1, 0.15) is 19.0 Å². The molecule has 0 saturated heterocycles. The van der Waals surface area contributed by atoms with Crippen molar-refractivity contribution in [2.24, 2.45) is 4.40 Å². The number of amidine groups is 1. The van der Waals surface area contributed by atoms with Crippen LogP contribution in [-0.4, -0.2) is 29.5 Å². The Morgan fingerprint density at radius 2 is 1.89 bits per heavy atom. The van der Waals surface area contributed by atoms with Crippen molar-refractivity contribution in [1.29, 1.82) is 0 Å². The van der Waals surface area contributed by atoms with Crippen LogP contribution >= 0.6 is 11.8 Å². The highest BCUT2D eigenvalue weighted by Gasteiger charge is 2.30. The molecular formula is C19H18N4O3S2. The Hall–Kier alpha value is -2.65. The Balaban J connectivity index is 1.67. The molecule has 9 heteroatoms. The number of hydrogen-bond acceptors (Lipinski definition) is 6. The van der Waals surface area contributed by atoms with Crippen LogP contribution in [0.15, 0.2) is 68.8 Å². The minimum atomic E-state index is -3.75. The zero-order chi connectivity index (χ0) is 19.7. The lowest BCUT2D eigenvalue weighted by Crippen LogP contribution is -2.34. The molecule has 144 valence electrons. The van der Waals surface area contributed by atoms with Crippen molar-refractivity contribution in [2.75, 3.05) is 11.4 Å². The van der Waals surface area contributed by atoms with E-state index in [4.69, 9.17) is 0 Å². The summed E-state index contributed by atoms with van der Waals surface area (Å²) in [5.74, 6) is 0.345. The number of aromatic nitrogens is 2. The SMILES string of the molecule is CCCN1C(SCc2cc(=O)n3ccccc3n2)=NS(=O)(=O)c2ccccc21. The average molecular weight is 415 g/mol. The van der Waals surface area contributed by atoms with E-state index in [1.807, 2.05) is 24.0 Å². The highest BCUT2D eigenvalue weighted by molar-refractivity contribution is 8.14. The average Bonchev–Trinajstić information content (AvgIpc) is 2.69. The van der Waals surface area contributed by atoms with Gasteiger partial charge in [0.2, 0.25) is 0 Å². The molecule has 0 atom stereocenters. The molecule has 0 fully saturated rings. The van der Waals surface area contributed by atoms with Gasteiger partial charge in [-0.15, -0.1) is 4.40 Å². The fraction of sp³-hybridized carbons (Fsp3) is 0.211. The molecule has 3 aromatic rings. The molecule has 1 aliphatic heterocycles. The lowest BCUT2D eigenvalue weighted by Gasteiger charge is -2.29. The molecule has 0 saturated carbocycles. The van der Waals surface area contributed by atoms with E-state index in [2.05, 4.69) is 9.38 Å². The number of para-hydroxylation sites is 1. The molecule has 2 aromatic heterocycles. The lowest BCUT2D eigenvalue weighted by atomic mass is 10.3. The van der Waals surface area contributed by atoms with E-state index in [9.17, 15) is 13.2 Å². The molecule has 4 rings (SSSR count). The summed E-state index contributed by atoms with van der Waals surface area (Å²) in [4.78, 5) is 18.9. The Kier molecular flexibility index (Phi) is 4.94. The largest absolute Gasteiger partial charge is 0.319 e. The second kappa shape index (κ2) is 7.40. The van der Waals surface area contributed by atoms with Crippen LogP contribution in [0.5, 0.6) is 0 Å². The van der Waals surface area contributed by atoms with Crippen molar-refractivity contribution < 1.29 is 8.42 Å². The number of rotatable bonds is 4. The minimum absolute atomic E-state index is 0.171. The molecule has 0 bridgehead atoms. The van der Waals surface area contributed by atoms with Gasteiger partial charge in [-0.05, 0) is 30.7 Å². The van der Waals surface area contributed by atoms with Gasteiger partial charge in [0.05, 0.1) is 11.4 Å². The topological polar surface area (TPSA) is 84.1 Å². The van der Waals surface area contributed by atoms with E-state index >= 15 is 0 Å². The second-order valence-corrected chi connectivity index (χ2v) is 8.79. The normalized spacial score (nSPS) is 15.3. The van der Waals surface area contributed by atoms with E-state index in [1.165, 1.54) is 22.2 Å². The fourth-order valence-corrected chi connectivity index (χ4v) is 5.43. The third kappa shape index (κ3) is 3.43. The van der Waals surface area contributed by atoms with E-state index in [0.29, 0.717) is 34.5 Å². The number of sulfonamides is 1. The zero-order valence-corrected chi connectivity index (χ0v) is 16.8. The number of nitrogens with zero attached hydrogens (tertiary/aromatic N) is 4. The van der Waals surface area contributed by atoms with Crippen LogP contribution in [0.25, 0.3) is 5.65 Å². The van der Waals surface area contributed by atoms with Crippen molar-refractivity contribution in [3.8, 4) is 0 Å². The zero-order valence-electron chi connectivity index (χ0n) is 15.1. The van der Waals surface area contributed by atoms with Crippen LogP contribution in [0.3, 0.4) is 0 Å². The van der Waals surface area contributed by atoms with Gasteiger partial charge in [0.15, 0.2) is 5.17 Å². The molecule has 7 nitrogen and oxygen atoms in total. The maximum Gasteiger partial charge on any atom is 0.286 e. The van der Waals surface area contributed by atoms with E-state index in [1.54, 1.807) is 36.5 Å². The number of pyridine rings is 1. The number of hydrogen-bond donors (Lipinski definition) is 0. The number of benzene rings is 1. The van der Waals surface area contributed by atoms with E-state index in [-0.39, 0.29) is 10.5 Å². The highest BCUT2D eigenvalue weighted by atomic mass is 32.2. The van der Waals surface area contributed by atoms with E-state index < -0.39 is 10.0 Å². The summed E-state index contributed by atoms with van der Waals surface area (Å²) in [6.45, 7) is 2.67. The summed E-state index contributed by atoms with van der Waals surface area (Å²) in [6, 6.07) is 13.7. The fourth-order valence-electron chi connectivity index (χ4n) is 3.06. The van der Waals surface area contributed by atoms with Crippen molar-refractivity contribution in [3.63, 3.8) is 0 Å². The van der Waals surface area contributed by atoms with Crippen molar-refractivity contribution in [3.05, 3.63) is 70.8 Å². The molecule has 1 aliphatic rings. The van der Waals surface area contributed by atoms with Gasteiger partial charge in [0.1, 0.15) is 10.5 Å². The first-order valence-corrected chi connectivity index (χ1v) is 11.2. The highest BCUT2D eigenvalue weighted by Crippen LogP contribution is 2.34. The standard InChI is InChI=1S/C19H18N4O3S2/c1-2-10-22-15-7-3-4-8-16(15)28(25,26)21-19(22)27-13-14-12-18(24)23-11-6-5-9-17(23)20-14/h3-9,11-12H,2,10,13H2,1H3. The Bertz CT molecular complexity index is 1240. The maximum atomic E-state index is 12.6. The van der Waals surface area contributed by atoms with Gasteiger partial charge >= 0.3 is 0 Å². The summed E-state index contributed by atoms with van der Waals surface area (Å²) in [5.41, 5.74) is 1.60. The van der Waals surface area contributed by atoms with Crippen LogP contribution in [0.2, 0.25) is 0 Å². The van der Waals surface area contributed by atoms with Crippen LogP contribution in [-0.2, 0) is 15.8 Å². The molecular weight excluding hydrogens is 396 g/mol. The van der Waals surface area contributed by atoms with Gasteiger partial charge in [0.25, 0.3) is 15.6 Å². The summed E-state index contributed by atoms with van der Waals surface area (Å²) in [5, 5.41) is 0.399. The molecule has 28 heavy (non-hydrogen) atoms. The number of anilines is 1. The van der Waals surface area contributed by atoms with E-state index in [0.717, 1.165) is 6.42 Å². The molecule has 0 spiro atoms. The maximum absolute atomic E-state index is 12.6. The van der Waals surface area contributed by atoms with Gasteiger partial charge in [-0.3, -0.25) is 9.20 Å². The monoisotopic (exact) mass is 414 g/mol. The van der Waals surface area contributed by atoms with Gasteiger partial charge < -0.3 is 4.90 Å². The summed E-state index contributed by atoms with van der Waals surface area (Å²) >= 11 is 1.27. The third-order valence-corrected chi connectivity index (χ3v) is 6.72. The Morgan fingerprint density at radius 3 is 2.71 bits per heavy atom. The molecule has 0 aliphatic carbocycles. The van der Waals surface area contributed by atoms with Gasteiger partial charge in [-0.25, -0.2) is 4.98 Å². The van der Waals surface area contributed by atoms with Crippen molar-refractivity contribution >= 4 is 38.3 Å². The van der Waals surface area contributed by atoms with Crippen LogP contribution < -0.4 is 10.5 Å². The Labute approximate surface area is 166 Å². The quantitative estimate of drug-likeness (QED) is 0.653. The van der Waals surface area contributed by atoms with Crippen LogP contribution in [0, 0.1) is 0 Å². The predicted molar refractivity (Wildman–Crippen MR) is 111 cm³/mol. The van der Waals surface area contributed by atoms with Gasteiger partial charge in [0, 0.05) is 24.6 Å². The summed E-state index contributed by atoms with van der Waals surface area (Å²) in [7, 11) is -3.75. The molecule has 0 radical (unpaired) electrons. The first-order valence-electron chi connectivity index (χ1n) is 8.81. The molecule has 0 N–H and O–H groups in total. The van der Waals surface area contributed by atoms with Crippen molar-refractivity contribution in [1.82, 2.24) is 9.38 Å². The minimum Gasteiger partial charge on any atom is -0.319 e. The van der Waals surface area contributed by atoms with Crippen molar-refractivity contribution in [2.45, 2.75) is 24.0 Å². The molecule has 1 aromatic carbocycles. The van der Waals surface area contributed by atoms with Gasteiger partial charge in [-0.1, -0.05) is 36.9 Å². The first-order chi connectivity index (χ1) is 13.5. The van der Waals surface area contributed by atoms with Crippen LogP contribution in [0.4, 0.5) is 5.69 Å². The molecule has 0 unspecified atom stereocenters. The Morgan fingerprint density at radius 1 is 1.11 bits per heavy atom.